The Kier molecular flexibility index (Phi) is 4.71. The molecule has 2 aliphatic heterocycles. The van der Waals surface area contributed by atoms with E-state index >= 15 is 0 Å². The topological polar surface area (TPSA) is 79.2 Å². The van der Waals surface area contributed by atoms with Crippen LogP contribution in [-0.2, 0) is 11.3 Å². The van der Waals surface area contributed by atoms with Crippen LogP contribution in [0.5, 0.6) is 0 Å². The predicted molar refractivity (Wildman–Crippen MR) is 92.7 cm³/mol. The number of hydrogen-bond acceptors (Lipinski definition) is 6. The zero-order valence-electron chi connectivity index (χ0n) is 14.2. The zero-order chi connectivity index (χ0) is 17.1. The highest BCUT2D eigenvalue weighted by Gasteiger charge is 2.31. The fourth-order valence-electron chi connectivity index (χ4n) is 3.55. The van der Waals surface area contributed by atoms with Gasteiger partial charge in [0.2, 0.25) is 11.7 Å². The molecule has 0 saturated carbocycles. The van der Waals surface area contributed by atoms with E-state index in [2.05, 4.69) is 25.6 Å². The van der Waals surface area contributed by atoms with Gasteiger partial charge in [0.25, 0.3) is 0 Å². The molecule has 8 heteroatoms. The van der Waals surface area contributed by atoms with Crippen molar-refractivity contribution in [3.8, 4) is 11.4 Å². The van der Waals surface area contributed by atoms with Crippen LogP contribution in [0.3, 0.4) is 0 Å². The van der Waals surface area contributed by atoms with Crippen molar-refractivity contribution < 1.29 is 4.79 Å². The van der Waals surface area contributed by atoms with E-state index < -0.39 is 0 Å². The first-order valence-corrected chi connectivity index (χ1v) is 8.85. The molecule has 1 atom stereocenters. The molecule has 0 bridgehead atoms. The molecule has 4 rings (SSSR count). The van der Waals surface area contributed by atoms with Crippen molar-refractivity contribution in [2.45, 2.75) is 19.0 Å². The van der Waals surface area contributed by atoms with Gasteiger partial charge in [-0.15, -0.1) is 10.2 Å². The maximum Gasteiger partial charge on any atom is 0.246 e. The van der Waals surface area contributed by atoms with E-state index in [1.165, 1.54) is 4.80 Å². The third-order valence-corrected chi connectivity index (χ3v) is 4.95. The van der Waals surface area contributed by atoms with Crippen LogP contribution in [0.25, 0.3) is 11.4 Å². The van der Waals surface area contributed by atoms with Crippen LogP contribution in [0.15, 0.2) is 30.3 Å². The number of piperazine rings is 1. The first-order valence-electron chi connectivity index (χ1n) is 8.85. The molecule has 0 radical (unpaired) electrons. The second kappa shape index (κ2) is 7.28. The number of carbonyl (C=O) groups excluding carboxylic acids is 1. The number of tetrazole rings is 1. The van der Waals surface area contributed by atoms with Crippen molar-refractivity contribution in [3.05, 3.63) is 30.3 Å². The van der Waals surface area contributed by atoms with Gasteiger partial charge in [-0.2, -0.15) is 4.80 Å². The van der Waals surface area contributed by atoms with Crippen LogP contribution in [0.1, 0.15) is 6.42 Å². The van der Waals surface area contributed by atoms with Crippen LogP contribution >= 0.6 is 0 Å². The molecule has 2 saturated heterocycles. The minimum absolute atomic E-state index is 0.0645. The SMILES string of the molecule is O=C(Cn1nnc(-c2ccccc2)n1)N1CCC(N2CCNCC2)C1. The number of amides is 1. The lowest BCUT2D eigenvalue weighted by Gasteiger charge is -2.32. The van der Waals surface area contributed by atoms with Gasteiger partial charge in [-0.25, -0.2) is 0 Å². The van der Waals surface area contributed by atoms with Gasteiger partial charge in [-0.05, 0) is 11.6 Å². The maximum atomic E-state index is 12.6. The van der Waals surface area contributed by atoms with E-state index in [-0.39, 0.29) is 12.5 Å². The van der Waals surface area contributed by atoms with E-state index in [9.17, 15) is 4.79 Å². The Labute approximate surface area is 146 Å². The van der Waals surface area contributed by atoms with Crippen molar-refractivity contribution in [1.29, 1.82) is 0 Å². The Hall–Kier alpha value is -2.32. The number of likely N-dealkylation sites (tertiary alicyclic amines) is 1. The Balaban J connectivity index is 1.34. The minimum atomic E-state index is 0.0645. The predicted octanol–water partition coefficient (Wildman–Crippen LogP) is -0.154. The molecule has 1 aromatic carbocycles. The van der Waals surface area contributed by atoms with Crippen LogP contribution < -0.4 is 5.32 Å². The summed E-state index contributed by atoms with van der Waals surface area (Å²) in [6.07, 6.45) is 1.05. The normalized spacial score (nSPS) is 21.6. The largest absolute Gasteiger partial charge is 0.339 e. The van der Waals surface area contributed by atoms with Gasteiger partial charge in [-0.3, -0.25) is 9.69 Å². The molecule has 0 aliphatic carbocycles. The molecule has 1 N–H and O–H groups in total. The molecule has 0 spiro atoms. The first-order chi connectivity index (χ1) is 12.3. The highest BCUT2D eigenvalue weighted by molar-refractivity contribution is 5.76. The number of nitrogens with zero attached hydrogens (tertiary/aromatic N) is 6. The lowest BCUT2D eigenvalue weighted by Crippen LogP contribution is -2.49. The molecule has 3 heterocycles. The van der Waals surface area contributed by atoms with Crippen LogP contribution in [0.4, 0.5) is 0 Å². The maximum absolute atomic E-state index is 12.6. The third kappa shape index (κ3) is 3.69. The monoisotopic (exact) mass is 341 g/mol. The molecule has 2 fully saturated rings. The molecule has 2 aliphatic rings. The summed E-state index contributed by atoms with van der Waals surface area (Å²) in [6, 6.07) is 10.2. The van der Waals surface area contributed by atoms with Crippen LogP contribution in [0, 0.1) is 0 Å². The van der Waals surface area contributed by atoms with Crippen molar-refractivity contribution in [2.75, 3.05) is 39.3 Å². The van der Waals surface area contributed by atoms with E-state index in [4.69, 9.17) is 0 Å². The molecular formula is C17H23N7O. The van der Waals surface area contributed by atoms with Crippen molar-refractivity contribution in [3.63, 3.8) is 0 Å². The smallest absolute Gasteiger partial charge is 0.246 e. The summed E-state index contributed by atoms with van der Waals surface area (Å²) in [4.78, 5) is 18.4. The summed E-state index contributed by atoms with van der Waals surface area (Å²) in [7, 11) is 0. The van der Waals surface area contributed by atoms with Crippen LogP contribution in [0.2, 0.25) is 0 Å². The fourth-order valence-corrected chi connectivity index (χ4v) is 3.55. The molecule has 132 valence electrons. The van der Waals surface area contributed by atoms with Gasteiger partial charge in [0.1, 0.15) is 6.54 Å². The molecule has 1 aromatic heterocycles. The number of carbonyl (C=O) groups is 1. The summed E-state index contributed by atoms with van der Waals surface area (Å²) in [5, 5.41) is 15.8. The Bertz CT molecular complexity index is 711. The zero-order valence-corrected chi connectivity index (χ0v) is 14.2. The summed E-state index contributed by atoms with van der Waals surface area (Å²) >= 11 is 0. The quantitative estimate of drug-likeness (QED) is 0.833. The highest BCUT2D eigenvalue weighted by Crippen LogP contribution is 2.17. The summed E-state index contributed by atoms with van der Waals surface area (Å²) < 4.78 is 0. The number of aromatic nitrogens is 4. The molecule has 2 aromatic rings. The number of rotatable bonds is 4. The molecule has 1 unspecified atom stereocenters. The summed E-state index contributed by atoms with van der Waals surface area (Å²) in [6.45, 7) is 5.97. The Morgan fingerprint density at radius 2 is 1.96 bits per heavy atom. The summed E-state index contributed by atoms with van der Waals surface area (Å²) in [5.74, 6) is 0.614. The van der Waals surface area contributed by atoms with Gasteiger partial charge in [-0.1, -0.05) is 30.3 Å². The molecular weight excluding hydrogens is 318 g/mol. The van der Waals surface area contributed by atoms with Crippen molar-refractivity contribution >= 4 is 5.91 Å². The lowest BCUT2D eigenvalue weighted by atomic mass is 10.2. The Morgan fingerprint density at radius 3 is 2.76 bits per heavy atom. The highest BCUT2D eigenvalue weighted by atomic mass is 16.2. The van der Waals surface area contributed by atoms with Gasteiger partial charge in [0.05, 0.1) is 0 Å². The second-order valence-corrected chi connectivity index (χ2v) is 6.58. The molecule has 8 nitrogen and oxygen atoms in total. The van der Waals surface area contributed by atoms with Crippen molar-refractivity contribution in [1.82, 2.24) is 35.3 Å². The van der Waals surface area contributed by atoms with Gasteiger partial charge in [0, 0.05) is 50.9 Å². The van der Waals surface area contributed by atoms with E-state index in [0.717, 1.165) is 51.3 Å². The van der Waals surface area contributed by atoms with Gasteiger partial charge in [0.15, 0.2) is 0 Å². The van der Waals surface area contributed by atoms with E-state index in [0.29, 0.717) is 11.9 Å². The number of benzene rings is 1. The third-order valence-electron chi connectivity index (χ3n) is 4.95. The fraction of sp³-hybridized carbons (Fsp3) is 0.529. The minimum Gasteiger partial charge on any atom is -0.339 e. The van der Waals surface area contributed by atoms with E-state index in [1.54, 1.807) is 0 Å². The average molecular weight is 341 g/mol. The van der Waals surface area contributed by atoms with Gasteiger partial charge < -0.3 is 10.2 Å². The first kappa shape index (κ1) is 16.2. The second-order valence-electron chi connectivity index (χ2n) is 6.58. The molecule has 25 heavy (non-hydrogen) atoms. The van der Waals surface area contributed by atoms with Gasteiger partial charge >= 0.3 is 0 Å². The standard InChI is InChI=1S/C17H23N7O/c25-16(23-9-6-15(12-23)22-10-7-18-8-11-22)13-24-20-17(19-21-24)14-4-2-1-3-5-14/h1-5,15,18H,6-13H2. The molecule has 1 amide bonds. The van der Waals surface area contributed by atoms with E-state index in [1.807, 2.05) is 35.2 Å². The number of hydrogen-bond donors (Lipinski definition) is 1. The summed E-state index contributed by atoms with van der Waals surface area (Å²) in [5.41, 5.74) is 0.904. The number of nitrogens with one attached hydrogen (secondary N) is 1. The van der Waals surface area contributed by atoms with Crippen molar-refractivity contribution in [2.24, 2.45) is 0 Å². The average Bonchev–Trinajstić information content (AvgIpc) is 3.33. The Morgan fingerprint density at radius 1 is 1.16 bits per heavy atom. The lowest BCUT2D eigenvalue weighted by molar-refractivity contribution is -0.131. The van der Waals surface area contributed by atoms with Crippen LogP contribution in [-0.4, -0.2) is 81.2 Å².